The Hall–Kier alpha value is -4.88. The second-order valence-corrected chi connectivity index (χ2v) is 11.9. The van der Waals surface area contributed by atoms with Crippen molar-refractivity contribution in [3.05, 3.63) is 168 Å². The summed E-state index contributed by atoms with van der Waals surface area (Å²) in [5, 5.41) is 2.56. The molecule has 0 saturated heterocycles. The third-order valence-corrected chi connectivity index (χ3v) is 8.34. The van der Waals surface area contributed by atoms with Gasteiger partial charge in [-0.05, 0) is 79.1 Å². The van der Waals surface area contributed by atoms with Crippen molar-refractivity contribution in [2.24, 2.45) is 0 Å². The van der Waals surface area contributed by atoms with Gasteiger partial charge >= 0.3 is 0 Å². The van der Waals surface area contributed by atoms with Crippen LogP contribution in [0.1, 0.15) is 54.5 Å². The molecule has 0 unspecified atom stereocenters. The molecule has 220 valence electrons. The lowest BCUT2D eigenvalue weighted by atomic mass is 9.94. The standard InChI is InChI=1S/C36H35N.C7H8/c1-24(2)29-19-21-30(22-20-29)25(3)13-11-14-28(6)37-34-17-10-9-16-32(34)33-23-18-27(5)35(36(33)37)31-15-8-7-12-26(31)4;1-7-5-3-2-4-6-7/h7-24H,3H2,1-2,4-6H3;2-6H,1H3/b13-11-,28-14+;. The molecule has 1 nitrogen and oxygen atoms in total. The van der Waals surface area contributed by atoms with E-state index in [0.717, 1.165) is 11.1 Å². The van der Waals surface area contributed by atoms with Crippen LogP contribution in [0, 0.1) is 20.8 Å². The van der Waals surface area contributed by atoms with E-state index in [9.17, 15) is 0 Å². The van der Waals surface area contributed by atoms with Gasteiger partial charge in [-0.15, -0.1) is 0 Å². The average Bonchev–Trinajstić information content (AvgIpc) is 3.36. The predicted molar refractivity (Wildman–Crippen MR) is 194 cm³/mol. The van der Waals surface area contributed by atoms with E-state index >= 15 is 0 Å². The van der Waals surface area contributed by atoms with E-state index in [-0.39, 0.29) is 0 Å². The molecule has 0 atom stereocenters. The van der Waals surface area contributed by atoms with Crippen molar-refractivity contribution in [1.82, 2.24) is 4.57 Å². The Kier molecular flexibility index (Phi) is 9.46. The van der Waals surface area contributed by atoms with E-state index in [1.165, 1.54) is 60.9 Å². The molecule has 5 aromatic carbocycles. The second-order valence-electron chi connectivity index (χ2n) is 11.9. The summed E-state index contributed by atoms with van der Waals surface area (Å²) in [5.74, 6) is 0.530. The van der Waals surface area contributed by atoms with Gasteiger partial charge in [0.05, 0.1) is 11.0 Å². The van der Waals surface area contributed by atoms with Crippen LogP contribution in [0.25, 0.3) is 44.2 Å². The fourth-order valence-electron chi connectivity index (χ4n) is 5.81. The van der Waals surface area contributed by atoms with E-state index in [1.807, 2.05) is 18.2 Å². The second kappa shape index (κ2) is 13.6. The van der Waals surface area contributed by atoms with Gasteiger partial charge in [0.15, 0.2) is 0 Å². The van der Waals surface area contributed by atoms with Gasteiger partial charge in [0, 0.05) is 22.0 Å². The molecule has 6 rings (SSSR count). The summed E-state index contributed by atoms with van der Waals surface area (Å²) in [5.41, 5.74) is 13.7. The SMILES string of the molecule is C=C(/C=C\C=C(/C)n1c2ccccc2c2ccc(C)c(-c3ccccc3C)c21)c1ccc(C(C)C)cc1.Cc1ccccc1. The molecule has 1 heteroatoms. The third-order valence-electron chi connectivity index (χ3n) is 8.34. The summed E-state index contributed by atoms with van der Waals surface area (Å²) in [6.07, 6.45) is 6.43. The Bertz CT molecular complexity index is 1960. The van der Waals surface area contributed by atoms with Gasteiger partial charge in [0.25, 0.3) is 0 Å². The highest BCUT2D eigenvalue weighted by molar-refractivity contribution is 6.15. The molecule has 0 spiro atoms. The molecule has 6 aromatic rings. The number of nitrogens with zero attached hydrogens (tertiary/aromatic N) is 1. The highest BCUT2D eigenvalue weighted by Gasteiger charge is 2.18. The minimum Gasteiger partial charge on any atom is -0.313 e. The molecule has 0 bridgehead atoms. The van der Waals surface area contributed by atoms with Gasteiger partial charge in [0.2, 0.25) is 0 Å². The zero-order valence-electron chi connectivity index (χ0n) is 26.9. The molecule has 0 amide bonds. The molecule has 0 aliphatic rings. The van der Waals surface area contributed by atoms with E-state index < -0.39 is 0 Å². The van der Waals surface area contributed by atoms with Crippen LogP contribution < -0.4 is 0 Å². The molecule has 0 N–H and O–H groups in total. The third kappa shape index (κ3) is 6.53. The summed E-state index contributed by atoms with van der Waals surface area (Å²) >= 11 is 0. The molecule has 1 heterocycles. The van der Waals surface area contributed by atoms with Gasteiger partial charge in [0.1, 0.15) is 0 Å². The Morgan fingerprint density at radius 2 is 1.34 bits per heavy atom. The number of hydrogen-bond acceptors (Lipinski definition) is 0. The molecular formula is C43H43N. The lowest BCUT2D eigenvalue weighted by Gasteiger charge is -2.15. The van der Waals surface area contributed by atoms with Crippen molar-refractivity contribution >= 4 is 33.1 Å². The Morgan fingerprint density at radius 3 is 2.00 bits per heavy atom. The molecular weight excluding hydrogens is 530 g/mol. The quantitative estimate of drug-likeness (QED) is 0.175. The fourth-order valence-corrected chi connectivity index (χ4v) is 5.81. The highest BCUT2D eigenvalue weighted by atomic mass is 15.0. The highest BCUT2D eigenvalue weighted by Crippen LogP contribution is 2.40. The van der Waals surface area contributed by atoms with Gasteiger partial charge in [-0.1, -0.05) is 147 Å². The van der Waals surface area contributed by atoms with E-state index in [1.54, 1.807) is 0 Å². The number of benzene rings is 5. The predicted octanol–water partition coefficient (Wildman–Crippen LogP) is 12.3. The summed E-state index contributed by atoms with van der Waals surface area (Å²) < 4.78 is 2.42. The van der Waals surface area contributed by atoms with Crippen LogP contribution in [0.3, 0.4) is 0 Å². The van der Waals surface area contributed by atoms with Gasteiger partial charge in [-0.25, -0.2) is 0 Å². The minimum atomic E-state index is 0.530. The number of rotatable bonds is 6. The maximum atomic E-state index is 4.31. The van der Waals surface area contributed by atoms with Crippen LogP contribution in [-0.4, -0.2) is 4.57 Å². The monoisotopic (exact) mass is 573 g/mol. The van der Waals surface area contributed by atoms with Gasteiger partial charge in [-0.3, -0.25) is 0 Å². The zero-order chi connectivity index (χ0) is 31.2. The summed E-state index contributed by atoms with van der Waals surface area (Å²) in [4.78, 5) is 0. The van der Waals surface area contributed by atoms with Crippen molar-refractivity contribution in [2.45, 2.75) is 47.5 Å². The Balaban J connectivity index is 0.000000484. The van der Waals surface area contributed by atoms with Crippen LogP contribution in [-0.2, 0) is 0 Å². The fraction of sp³-hybridized carbons (Fsp3) is 0.163. The molecule has 44 heavy (non-hydrogen) atoms. The number of fused-ring (bicyclic) bond motifs is 3. The first-order valence-corrected chi connectivity index (χ1v) is 15.5. The number of allylic oxidation sites excluding steroid dienone is 5. The van der Waals surface area contributed by atoms with Crippen molar-refractivity contribution in [2.75, 3.05) is 0 Å². The summed E-state index contributed by atoms with van der Waals surface area (Å²) in [7, 11) is 0. The molecule has 0 aliphatic heterocycles. The van der Waals surface area contributed by atoms with Gasteiger partial charge in [-0.2, -0.15) is 0 Å². The first-order chi connectivity index (χ1) is 21.3. The van der Waals surface area contributed by atoms with E-state index in [2.05, 4.69) is 168 Å². The van der Waals surface area contributed by atoms with Crippen LogP contribution in [0.5, 0.6) is 0 Å². The normalized spacial score (nSPS) is 11.8. The van der Waals surface area contributed by atoms with Crippen molar-refractivity contribution in [3.63, 3.8) is 0 Å². The molecule has 0 aliphatic carbocycles. The number of aryl methyl sites for hydroxylation is 3. The first kappa shape index (κ1) is 30.6. The Morgan fingerprint density at radius 1 is 0.682 bits per heavy atom. The van der Waals surface area contributed by atoms with E-state index in [0.29, 0.717) is 5.92 Å². The maximum absolute atomic E-state index is 4.31. The lowest BCUT2D eigenvalue weighted by Crippen LogP contribution is -1.97. The number of hydrogen-bond donors (Lipinski definition) is 0. The smallest absolute Gasteiger partial charge is 0.0618 e. The topological polar surface area (TPSA) is 4.93 Å². The summed E-state index contributed by atoms with van der Waals surface area (Å²) in [6.45, 7) is 17.4. The summed E-state index contributed by atoms with van der Waals surface area (Å²) in [6, 6.07) is 40.9. The number of aromatic nitrogens is 1. The van der Waals surface area contributed by atoms with Crippen molar-refractivity contribution in [3.8, 4) is 11.1 Å². The van der Waals surface area contributed by atoms with Crippen LogP contribution in [0.4, 0.5) is 0 Å². The number of para-hydroxylation sites is 1. The van der Waals surface area contributed by atoms with Crippen molar-refractivity contribution < 1.29 is 0 Å². The average molecular weight is 574 g/mol. The van der Waals surface area contributed by atoms with Crippen molar-refractivity contribution in [1.29, 1.82) is 0 Å². The molecule has 0 radical (unpaired) electrons. The van der Waals surface area contributed by atoms with Gasteiger partial charge < -0.3 is 4.57 Å². The van der Waals surface area contributed by atoms with Crippen LogP contribution >= 0.6 is 0 Å². The molecule has 0 saturated carbocycles. The largest absolute Gasteiger partial charge is 0.313 e. The molecule has 1 aromatic heterocycles. The first-order valence-electron chi connectivity index (χ1n) is 15.5. The Labute approximate surface area is 263 Å². The van der Waals surface area contributed by atoms with E-state index in [4.69, 9.17) is 0 Å². The zero-order valence-corrected chi connectivity index (χ0v) is 26.9. The maximum Gasteiger partial charge on any atom is 0.0618 e. The lowest BCUT2D eigenvalue weighted by molar-refractivity contribution is 0.866. The van der Waals surface area contributed by atoms with Crippen LogP contribution in [0.2, 0.25) is 0 Å². The van der Waals surface area contributed by atoms with Crippen LogP contribution in [0.15, 0.2) is 140 Å². The minimum absolute atomic E-state index is 0.530. The molecule has 0 fully saturated rings.